The summed E-state index contributed by atoms with van der Waals surface area (Å²) in [6.45, 7) is 5.81. The Kier molecular flexibility index (Phi) is 4.66. The zero-order chi connectivity index (χ0) is 10.5. The summed E-state index contributed by atoms with van der Waals surface area (Å²) in [5.41, 5.74) is 0.886. The number of sulfonamides is 1. The van der Waals surface area contributed by atoms with Crippen LogP contribution in [-0.2, 0) is 10.0 Å². The number of primary sulfonamides is 1. The topological polar surface area (TPSA) is 60.2 Å². The number of rotatable bonds is 1. The average Bonchev–Trinajstić information content (AvgIpc) is 2.06. The van der Waals surface area contributed by atoms with E-state index in [0.717, 1.165) is 5.56 Å². The molecule has 13 heavy (non-hydrogen) atoms. The Labute approximate surface area is 79.6 Å². The van der Waals surface area contributed by atoms with Gasteiger partial charge < -0.3 is 0 Å². The Balaban J connectivity index is 0.000000671. The normalized spacial score (nSPS) is 10.2. The maximum absolute atomic E-state index is 10.8. The predicted octanol–water partition coefficient (Wildman–Crippen LogP) is 1.67. The lowest BCUT2D eigenvalue weighted by atomic mass is 10.2. The van der Waals surface area contributed by atoms with Gasteiger partial charge in [-0.3, -0.25) is 0 Å². The molecule has 0 unspecified atom stereocenters. The Morgan fingerprint density at radius 1 is 1.23 bits per heavy atom. The van der Waals surface area contributed by atoms with E-state index in [-0.39, 0.29) is 4.90 Å². The first-order valence-electron chi connectivity index (χ1n) is 4.09. The largest absolute Gasteiger partial charge is 0.238 e. The molecule has 1 rings (SSSR count). The molecule has 0 atom stereocenters. The highest BCUT2D eigenvalue weighted by molar-refractivity contribution is 7.89. The molecule has 0 saturated carbocycles. The average molecular weight is 201 g/mol. The number of hydrogen-bond donors (Lipinski definition) is 1. The van der Waals surface area contributed by atoms with Gasteiger partial charge in [0.2, 0.25) is 10.0 Å². The Morgan fingerprint density at radius 2 is 1.77 bits per heavy atom. The van der Waals surface area contributed by atoms with Gasteiger partial charge in [0, 0.05) is 0 Å². The van der Waals surface area contributed by atoms with Gasteiger partial charge in [-0.2, -0.15) is 0 Å². The van der Waals surface area contributed by atoms with Crippen LogP contribution in [0.15, 0.2) is 29.2 Å². The summed E-state index contributed by atoms with van der Waals surface area (Å²) in [7, 11) is -3.53. The molecule has 3 nitrogen and oxygen atoms in total. The Bertz CT molecular complexity index is 358. The van der Waals surface area contributed by atoms with Crippen molar-refractivity contribution in [3.63, 3.8) is 0 Å². The molecule has 1 aromatic rings. The lowest BCUT2D eigenvalue weighted by Crippen LogP contribution is -2.11. The quantitative estimate of drug-likeness (QED) is 0.751. The molecule has 0 amide bonds. The van der Waals surface area contributed by atoms with Gasteiger partial charge in [-0.25, -0.2) is 13.6 Å². The second kappa shape index (κ2) is 4.99. The van der Waals surface area contributed by atoms with Crippen molar-refractivity contribution >= 4 is 10.0 Å². The van der Waals surface area contributed by atoms with E-state index in [4.69, 9.17) is 5.14 Å². The molecule has 0 heterocycles. The molecule has 2 N–H and O–H groups in total. The van der Waals surface area contributed by atoms with E-state index < -0.39 is 10.0 Å². The molecule has 0 aliphatic heterocycles. The summed E-state index contributed by atoms with van der Waals surface area (Å²) in [6.07, 6.45) is 0. The van der Waals surface area contributed by atoms with Crippen molar-refractivity contribution in [1.82, 2.24) is 0 Å². The van der Waals surface area contributed by atoms with Crippen LogP contribution in [0.5, 0.6) is 0 Å². The highest BCUT2D eigenvalue weighted by Crippen LogP contribution is 2.07. The molecule has 0 bridgehead atoms. The SMILES string of the molecule is CC.Cc1cccc(S(N)(=O)=O)c1. The maximum atomic E-state index is 10.8. The summed E-state index contributed by atoms with van der Waals surface area (Å²) in [4.78, 5) is 0.164. The molecule has 1 aromatic carbocycles. The standard InChI is InChI=1S/C7H9NO2S.C2H6/c1-6-3-2-4-7(5-6)11(8,9)10;1-2/h2-5H,1H3,(H2,8,9,10);1-2H3. The second-order valence-corrected chi connectivity index (χ2v) is 3.92. The molecule has 0 saturated heterocycles. The van der Waals surface area contributed by atoms with Crippen molar-refractivity contribution in [2.75, 3.05) is 0 Å². The van der Waals surface area contributed by atoms with Crippen LogP contribution in [0.25, 0.3) is 0 Å². The molecular weight excluding hydrogens is 186 g/mol. The van der Waals surface area contributed by atoms with Gasteiger partial charge in [0.1, 0.15) is 0 Å². The van der Waals surface area contributed by atoms with Gasteiger partial charge in [0.15, 0.2) is 0 Å². The van der Waals surface area contributed by atoms with Crippen LogP contribution >= 0.6 is 0 Å². The van der Waals surface area contributed by atoms with Crippen LogP contribution in [0.4, 0.5) is 0 Å². The zero-order valence-electron chi connectivity index (χ0n) is 8.11. The van der Waals surface area contributed by atoms with E-state index in [1.165, 1.54) is 12.1 Å². The maximum Gasteiger partial charge on any atom is 0.238 e. The van der Waals surface area contributed by atoms with Crippen molar-refractivity contribution in [3.05, 3.63) is 29.8 Å². The number of hydrogen-bond acceptors (Lipinski definition) is 2. The fraction of sp³-hybridized carbons (Fsp3) is 0.333. The fourth-order valence-corrected chi connectivity index (χ4v) is 1.41. The molecule has 0 aromatic heterocycles. The number of aryl methyl sites for hydroxylation is 1. The van der Waals surface area contributed by atoms with Gasteiger partial charge >= 0.3 is 0 Å². The van der Waals surface area contributed by atoms with E-state index in [9.17, 15) is 8.42 Å². The minimum Gasteiger partial charge on any atom is -0.225 e. The molecule has 0 spiro atoms. The van der Waals surface area contributed by atoms with Crippen LogP contribution in [-0.4, -0.2) is 8.42 Å². The lowest BCUT2D eigenvalue weighted by molar-refractivity contribution is 0.597. The Hall–Kier alpha value is -0.870. The predicted molar refractivity (Wildman–Crippen MR) is 53.9 cm³/mol. The van der Waals surface area contributed by atoms with Gasteiger partial charge in [-0.05, 0) is 24.6 Å². The van der Waals surface area contributed by atoms with Crippen molar-refractivity contribution in [2.45, 2.75) is 25.7 Å². The van der Waals surface area contributed by atoms with E-state index >= 15 is 0 Å². The summed E-state index contributed by atoms with van der Waals surface area (Å²) in [5.74, 6) is 0. The first-order chi connectivity index (χ1) is 6.00. The van der Waals surface area contributed by atoms with Gasteiger partial charge in [-0.15, -0.1) is 0 Å². The van der Waals surface area contributed by atoms with Crippen LogP contribution in [0.1, 0.15) is 19.4 Å². The van der Waals surface area contributed by atoms with Crippen molar-refractivity contribution in [1.29, 1.82) is 0 Å². The van der Waals surface area contributed by atoms with E-state index in [2.05, 4.69) is 0 Å². The monoisotopic (exact) mass is 201 g/mol. The van der Waals surface area contributed by atoms with Crippen LogP contribution in [0, 0.1) is 6.92 Å². The smallest absolute Gasteiger partial charge is 0.225 e. The fourth-order valence-electron chi connectivity index (χ4n) is 0.792. The zero-order valence-corrected chi connectivity index (χ0v) is 8.93. The van der Waals surface area contributed by atoms with Crippen molar-refractivity contribution in [2.24, 2.45) is 5.14 Å². The molecule has 0 fully saturated rings. The molecule has 4 heteroatoms. The first-order valence-corrected chi connectivity index (χ1v) is 5.64. The third-order valence-electron chi connectivity index (χ3n) is 1.32. The van der Waals surface area contributed by atoms with E-state index in [1.807, 2.05) is 26.8 Å². The summed E-state index contributed by atoms with van der Waals surface area (Å²) in [5, 5.41) is 4.90. The highest BCUT2D eigenvalue weighted by atomic mass is 32.2. The first kappa shape index (κ1) is 12.1. The van der Waals surface area contributed by atoms with Gasteiger partial charge in [0.05, 0.1) is 4.90 Å². The van der Waals surface area contributed by atoms with Gasteiger partial charge in [0.25, 0.3) is 0 Å². The molecule has 0 aliphatic carbocycles. The van der Waals surface area contributed by atoms with Crippen molar-refractivity contribution in [3.8, 4) is 0 Å². The molecular formula is C9H15NO2S. The number of benzene rings is 1. The van der Waals surface area contributed by atoms with Gasteiger partial charge in [-0.1, -0.05) is 26.0 Å². The molecule has 0 aliphatic rings. The van der Waals surface area contributed by atoms with E-state index in [0.29, 0.717) is 0 Å². The third-order valence-corrected chi connectivity index (χ3v) is 2.23. The lowest BCUT2D eigenvalue weighted by Gasteiger charge is -1.97. The van der Waals surface area contributed by atoms with Crippen molar-refractivity contribution < 1.29 is 8.42 Å². The molecule has 74 valence electrons. The minimum atomic E-state index is -3.53. The summed E-state index contributed by atoms with van der Waals surface area (Å²) >= 11 is 0. The molecule has 0 radical (unpaired) electrons. The summed E-state index contributed by atoms with van der Waals surface area (Å²) in [6, 6.07) is 6.49. The second-order valence-electron chi connectivity index (χ2n) is 2.36. The third kappa shape index (κ3) is 4.05. The van der Waals surface area contributed by atoms with E-state index in [1.54, 1.807) is 6.07 Å². The van der Waals surface area contributed by atoms with Crippen LogP contribution < -0.4 is 5.14 Å². The highest BCUT2D eigenvalue weighted by Gasteiger charge is 2.05. The van der Waals surface area contributed by atoms with Crippen LogP contribution in [0.2, 0.25) is 0 Å². The minimum absolute atomic E-state index is 0.164. The number of nitrogens with two attached hydrogens (primary N) is 1. The summed E-state index contributed by atoms with van der Waals surface area (Å²) < 4.78 is 21.5. The Morgan fingerprint density at radius 3 is 2.08 bits per heavy atom. The van der Waals surface area contributed by atoms with Crippen LogP contribution in [0.3, 0.4) is 0 Å².